The summed E-state index contributed by atoms with van der Waals surface area (Å²) >= 11 is 0. The third-order valence-electron chi connectivity index (χ3n) is 6.52. The van der Waals surface area contributed by atoms with Crippen LogP contribution in [-0.4, -0.2) is 11.4 Å². The molecule has 0 bridgehead atoms. The van der Waals surface area contributed by atoms with E-state index in [0.717, 1.165) is 0 Å². The first-order chi connectivity index (χ1) is 14.0. The number of nitrogens with two attached hydrogens (primary N) is 2. The van der Waals surface area contributed by atoms with Crippen LogP contribution in [0.4, 0.5) is 0 Å². The molecule has 4 aromatic rings. The molecule has 0 saturated heterocycles. The summed E-state index contributed by atoms with van der Waals surface area (Å²) in [6.07, 6.45) is 2.69. The molecule has 0 amide bonds. The van der Waals surface area contributed by atoms with Crippen LogP contribution in [0.15, 0.2) is 72.8 Å². The molecule has 3 heteroatoms. The first-order valence-corrected chi connectivity index (χ1v) is 10.3. The maximum absolute atomic E-state index is 6.88. The zero-order valence-electron chi connectivity index (χ0n) is 16.3. The summed E-state index contributed by atoms with van der Waals surface area (Å²) in [5, 5.41) is 5.18. The summed E-state index contributed by atoms with van der Waals surface area (Å²) < 4.78 is 6.64. The van der Waals surface area contributed by atoms with Gasteiger partial charge < -0.3 is 16.2 Å². The van der Waals surface area contributed by atoms with Gasteiger partial charge in [-0.2, -0.15) is 0 Å². The van der Waals surface area contributed by atoms with E-state index >= 15 is 0 Å². The minimum atomic E-state index is -0.808. The zero-order chi connectivity index (χ0) is 19.6. The van der Waals surface area contributed by atoms with Crippen molar-refractivity contribution in [2.24, 2.45) is 11.5 Å². The van der Waals surface area contributed by atoms with Gasteiger partial charge in [-0.25, -0.2) is 0 Å². The zero-order valence-corrected chi connectivity index (χ0v) is 16.3. The van der Waals surface area contributed by atoms with Gasteiger partial charge in [-0.15, -0.1) is 0 Å². The molecule has 6 rings (SSSR count). The van der Waals surface area contributed by atoms with E-state index in [0.29, 0.717) is 25.7 Å². The van der Waals surface area contributed by atoms with Crippen LogP contribution in [0.25, 0.3) is 21.5 Å². The predicted octanol–water partition coefficient (Wildman–Crippen LogP) is 4.22. The lowest BCUT2D eigenvalue weighted by atomic mass is 9.81. The molecule has 0 fully saturated rings. The smallest absolute Gasteiger partial charge is 0.127 e. The van der Waals surface area contributed by atoms with Crippen molar-refractivity contribution in [3.05, 3.63) is 95.1 Å². The Bertz CT molecular complexity index is 1100. The molecule has 0 unspecified atom stereocenters. The van der Waals surface area contributed by atoms with Crippen LogP contribution >= 0.6 is 0 Å². The van der Waals surface area contributed by atoms with Crippen LogP contribution in [0.5, 0.6) is 0 Å². The largest absolute Gasteiger partial charge is 0.339 e. The van der Waals surface area contributed by atoms with E-state index in [1.54, 1.807) is 0 Å². The van der Waals surface area contributed by atoms with Crippen LogP contribution in [0.1, 0.15) is 22.3 Å². The van der Waals surface area contributed by atoms with Gasteiger partial charge in [-0.3, -0.25) is 0 Å². The minimum Gasteiger partial charge on any atom is -0.339 e. The average Bonchev–Trinajstić information content (AvgIpc) is 2.67. The van der Waals surface area contributed by atoms with Crippen molar-refractivity contribution in [1.29, 1.82) is 0 Å². The second-order valence-corrected chi connectivity index (χ2v) is 8.80. The van der Waals surface area contributed by atoms with Crippen molar-refractivity contribution in [1.82, 2.24) is 0 Å². The van der Waals surface area contributed by atoms with Crippen molar-refractivity contribution in [3.8, 4) is 0 Å². The fourth-order valence-corrected chi connectivity index (χ4v) is 5.56. The Morgan fingerprint density at radius 1 is 0.517 bits per heavy atom. The Morgan fingerprint density at radius 2 is 0.828 bits per heavy atom. The molecule has 144 valence electrons. The van der Waals surface area contributed by atoms with E-state index in [-0.39, 0.29) is 0 Å². The number of ether oxygens (including phenoxy) is 1. The molecule has 0 aliphatic heterocycles. The summed E-state index contributed by atoms with van der Waals surface area (Å²) in [5.41, 5.74) is 17.1. The van der Waals surface area contributed by atoms with Gasteiger partial charge in [0.2, 0.25) is 0 Å². The number of rotatable bonds is 2. The van der Waals surface area contributed by atoms with Crippen molar-refractivity contribution < 1.29 is 4.74 Å². The van der Waals surface area contributed by atoms with Crippen LogP contribution in [-0.2, 0) is 30.4 Å². The quantitative estimate of drug-likeness (QED) is 0.512. The maximum atomic E-state index is 6.88. The fraction of sp³-hybridized carbons (Fsp3) is 0.231. The molecular formula is C26H24N2O. The third kappa shape index (κ3) is 2.70. The molecular weight excluding hydrogens is 356 g/mol. The van der Waals surface area contributed by atoms with Crippen molar-refractivity contribution in [2.45, 2.75) is 37.1 Å². The standard InChI is InChI=1S/C26H24N2O/c27-25(13-19-9-1-5-17-6-2-10-20(14-25)23(17)19)29-26(28)15-21-11-3-7-18-8-4-12-22(16-26)24(18)21/h1-12H,13-16,27-28H2. The van der Waals surface area contributed by atoms with E-state index in [9.17, 15) is 0 Å². The fourth-order valence-electron chi connectivity index (χ4n) is 5.56. The highest BCUT2D eigenvalue weighted by molar-refractivity contribution is 5.91. The summed E-state index contributed by atoms with van der Waals surface area (Å²) in [6.45, 7) is 0. The molecule has 4 N–H and O–H groups in total. The molecule has 0 spiro atoms. The van der Waals surface area contributed by atoms with Gasteiger partial charge >= 0.3 is 0 Å². The van der Waals surface area contributed by atoms with Crippen molar-refractivity contribution >= 4 is 21.5 Å². The second-order valence-electron chi connectivity index (χ2n) is 8.80. The third-order valence-corrected chi connectivity index (χ3v) is 6.52. The van der Waals surface area contributed by atoms with E-state index in [1.165, 1.54) is 43.8 Å². The van der Waals surface area contributed by atoms with Crippen molar-refractivity contribution in [2.75, 3.05) is 0 Å². The molecule has 0 aromatic heterocycles. The Labute approximate surface area is 170 Å². The molecule has 0 saturated carbocycles. The number of benzene rings is 4. The number of hydrogen-bond acceptors (Lipinski definition) is 3. The molecule has 4 aromatic carbocycles. The highest BCUT2D eigenvalue weighted by atomic mass is 16.5. The van der Waals surface area contributed by atoms with Crippen LogP contribution in [0.3, 0.4) is 0 Å². The first kappa shape index (κ1) is 17.2. The molecule has 0 atom stereocenters. The Hall–Kier alpha value is -2.72. The molecule has 29 heavy (non-hydrogen) atoms. The minimum absolute atomic E-state index is 0.673. The van der Waals surface area contributed by atoms with E-state index < -0.39 is 11.4 Å². The monoisotopic (exact) mass is 380 g/mol. The topological polar surface area (TPSA) is 61.3 Å². The Kier molecular flexibility index (Phi) is 3.49. The van der Waals surface area contributed by atoms with E-state index in [2.05, 4.69) is 72.8 Å². The predicted molar refractivity (Wildman–Crippen MR) is 118 cm³/mol. The summed E-state index contributed by atoms with van der Waals surface area (Å²) in [7, 11) is 0. The molecule has 0 radical (unpaired) electrons. The lowest BCUT2D eigenvalue weighted by molar-refractivity contribution is -0.154. The SMILES string of the molecule is NC1(OC2(N)Cc3cccc4cccc(c34)C2)Cc2cccc3cccc(c23)C1. The molecule has 3 nitrogen and oxygen atoms in total. The average molecular weight is 380 g/mol. The number of hydrogen-bond donors (Lipinski definition) is 2. The van der Waals surface area contributed by atoms with Crippen LogP contribution < -0.4 is 11.5 Å². The summed E-state index contributed by atoms with van der Waals surface area (Å²) in [4.78, 5) is 0. The highest BCUT2D eigenvalue weighted by Crippen LogP contribution is 2.39. The van der Waals surface area contributed by atoms with Gasteiger partial charge in [-0.05, 0) is 43.8 Å². The lowest BCUT2D eigenvalue weighted by Crippen LogP contribution is -2.60. The van der Waals surface area contributed by atoms with Crippen LogP contribution in [0, 0.1) is 0 Å². The second kappa shape index (κ2) is 5.90. The summed E-state index contributed by atoms with van der Waals surface area (Å²) in [5.74, 6) is 0. The lowest BCUT2D eigenvalue weighted by Gasteiger charge is -2.44. The molecule has 2 aliphatic carbocycles. The van der Waals surface area contributed by atoms with E-state index in [4.69, 9.17) is 16.2 Å². The summed E-state index contributed by atoms with van der Waals surface area (Å²) in [6, 6.07) is 25.7. The highest BCUT2D eigenvalue weighted by Gasteiger charge is 2.42. The Balaban J connectivity index is 1.37. The van der Waals surface area contributed by atoms with Gasteiger partial charge in [-0.1, -0.05) is 72.8 Å². The maximum Gasteiger partial charge on any atom is 0.127 e. The van der Waals surface area contributed by atoms with Gasteiger partial charge in [0, 0.05) is 25.7 Å². The van der Waals surface area contributed by atoms with Gasteiger partial charge in [0.1, 0.15) is 11.4 Å². The van der Waals surface area contributed by atoms with Gasteiger partial charge in [0.25, 0.3) is 0 Å². The normalized spacial score (nSPS) is 18.8. The van der Waals surface area contributed by atoms with Crippen molar-refractivity contribution in [3.63, 3.8) is 0 Å². The van der Waals surface area contributed by atoms with E-state index in [1.807, 2.05) is 0 Å². The molecule has 2 aliphatic rings. The first-order valence-electron chi connectivity index (χ1n) is 10.3. The Morgan fingerprint density at radius 3 is 1.14 bits per heavy atom. The van der Waals surface area contributed by atoms with Gasteiger partial charge in [0.05, 0.1) is 0 Å². The van der Waals surface area contributed by atoms with Crippen LogP contribution in [0.2, 0.25) is 0 Å². The van der Waals surface area contributed by atoms with Gasteiger partial charge in [0.15, 0.2) is 0 Å². The molecule has 0 heterocycles.